The van der Waals surface area contributed by atoms with Gasteiger partial charge in [0.15, 0.2) is 16.6 Å². The van der Waals surface area contributed by atoms with Crippen molar-refractivity contribution in [3.05, 3.63) is 33.3 Å². The molecule has 3 N–H and O–H groups in total. The van der Waals surface area contributed by atoms with Crippen LogP contribution in [0.1, 0.15) is 10.5 Å². The molecule has 2 heterocycles. The smallest absolute Gasteiger partial charge is 0.296 e. The third kappa shape index (κ3) is 2.43. The summed E-state index contributed by atoms with van der Waals surface area (Å²) < 4.78 is 10.2. The summed E-state index contributed by atoms with van der Waals surface area (Å²) in [5, 5.41) is 15.2. The zero-order valence-electron chi connectivity index (χ0n) is 10.4. The van der Waals surface area contributed by atoms with Gasteiger partial charge in [-0.25, -0.2) is 4.98 Å². The molecule has 0 bridgehead atoms. The summed E-state index contributed by atoms with van der Waals surface area (Å²) in [6.07, 6.45) is 0. The number of nitrogens with two attached hydrogens (primary N) is 1. The molecule has 1 aromatic heterocycles. The topological polar surface area (TPSA) is 130 Å². The van der Waals surface area contributed by atoms with Crippen molar-refractivity contribution in [2.75, 3.05) is 17.8 Å². The monoisotopic (exact) mass is 308 g/mol. The predicted octanol–water partition coefficient (Wildman–Crippen LogP) is 1.61. The van der Waals surface area contributed by atoms with Crippen LogP contribution in [0.5, 0.6) is 11.5 Å². The van der Waals surface area contributed by atoms with Gasteiger partial charge in [-0.3, -0.25) is 14.9 Å². The van der Waals surface area contributed by atoms with E-state index in [1.165, 1.54) is 17.5 Å². The molecular weight excluding hydrogens is 300 g/mol. The second kappa shape index (κ2) is 4.90. The first-order valence-electron chi connectivity index (χ1n) is 5.65. The lowest BCUT2D eigenvalue weighted by Gasteiger charge is -2.05. The van der Waals surface area contributed by atoms with E-state index in [1.807, 2.05) is 0 Å². The molecule has 10 heteroatoms. The second-order valence-electron chi connectivity index (χ2n) is 4.00. The third-order valence-electron chi connectivity index (χ3n) is 2.69. The molecule has 0 unspecified atom stereocenters. The number of aromatic nitrogens is 1. The highest BCUT2D eigenvalue weighted by molar-refractivity contribution is 7.13. The number of nitrogens with one attached hydrogen (secondary N) is 1. The number of hydrogen-bond donors (Lipinski definition) is 2. The zero-order chi connectivity index (χ0) is 15.0. The summed E-state index contributed by atoms with van der Waals surface area (Å²) in [5.41, 5.74) is 5.24. The first-order chi connectivity index (χ1) is 10.0. The SMILES string of the molecule is Nc1nc(C(=O)Nc2cc3c(cc2[N+](=O)[O-])OCO3)cs1. The molecular formula is C11H8N4O5S. The fourth-order valence-corrected chi connectivity index (χ4v) is 2.30. The number of benzene rings is 1. The summed E-state index contributed by atoms with van der Waals surface area (Å²) in [7, 11) is 0. The summed E-state index contributed by atoms with van der Waals surface area (Å²) in [6.45, 7) is -0.0213. The Morgan fingerprint density at radius 3 is 2.76 bits per heavy atom. The van der Waals surface area contributed by atoms with Gasteiger partial charge in [-0.1, -0.05) is 0 Å². The van der Waals surface area contributed by atoms with Gasteiger partial charge in [0.2, 0.25) is 6.79 Å². The molecule has 2 aromatic rings. The van der Waals surface area contributed by atoms with E-state index in [1.54, 1.807) is 0 Å². The molecule has 1 amide bonds. The average Bonchev–Trinajstić information content (AvgIpc) is 3.05. The maximum Gasteiger partial charge on any atom is 0.296 e. The van der Waals surface area contributed by atoms with Gasteiger partial charge >= 0.3 is 0 Å². The minimum atomic E-state index is -0.618. The van der Waals surface area contributed by atoms with E-state index in [9.17, 15) is 14.9 Å². The molecule has 0 atom stereocenters. The quantitative estimate of drug-likeness (QED) is 0.650. The first-order valence-corrected chi connectivity index (χ1v) is 6.53. The number of anilines is 2. The molecule has 108 valence electrons. The van der Waals surface area contributed by atoms with Gasteiger partial charge in [0.05, 0.1) is 11.0 Å². The van der Waals surface area contributed by atoms with Crippen molar-refractivity contribution in [1.82, 2.24) is 4.98 Å². The highest BCUT2D eigenvalue weighted by Crippen LogP contribution is 2.40. The number of fused-ring (bicyclic) bond motifs is 1. The van der Waals surface area contributed by atoms with Crippen molar-refractivity contribution in [3.8, 4) is 11.5 Å². The summed E-state index contributed by atoms with van der Waals surface area (Å²) in [5.74, 6) is -0.00351. The number of hydrogen-bond acceptors (Lipinski definition) is 8. The minimum absolute atomic E-state index is 0.000761. The Bertz CT molecular complexity index is 744. The largest absolute Gasteiger partial charge is 0.454 e. The standard InChI is InChI=1S/C11H8N4O5S/c12-11-14-6(3-21-11)10(16)13-5-1-8-9(20-4-19-8)2-7(5)15(17)18/h1-3H,4H2,(H2,12,14)(H,13,16). The maximum atomic E-state index is 12.0. The van der Waals surface area contributed by atoms with Gasteiger partial charge in [-0.05, 0) is 0 Å². The molecule has 0 saturated carbocycles. The van der Waals surface area contributed by atoms with Gasteiger partial charge in [0.25, 0.3) is 11.6 Å². The molecule has 1 aliphatic rings. The van der Waals surface area contributed by atoms with Crippen molar-refractivity contribution >= 4 is 33.8 Å². The van der Waals surface area contributed by atoms with Crippen molar-refractivity contribution < 1.29 is 19.2 Å². The first kappa shape index (κ1) is 13.1. The Labute approximate surface area is 121 Å². The maximum absolute atomic E-state index is 12.0. The molecule has 1 aromatic carbocycles. The van der Waals surface area contributed by atoms with Crippen molar-refractivity contribution in [1.29, 1.82) is 0 Å². The summed E-state index contributed by atoms with van der Waals surface area (Å²) >= 11 is 1.10. The number of nitro groups is 1. The number of nitrogens with zero attached hydrogens (tertiary/aromatic N) is 2. The Hall–Kier alpha value is -2.88. The second-order valence-corrected chi connectivity index (χ2v) is 4.89. The van der Waals surface area contributed by atoms with Crippen LogP contribution in [0.4, 0.5) is 16.5 Å². The van der Waals surface area contributed by atoms with E-state index in [-0.39, 0.29) is 34.7 Å². The molecule has 0 spiro atoms. The molecule has 21 heavy (non-hydrogen) atoms. The lowest BCUT2D eigenvalue weighted by molar-refractivity contribution is -0.384. The fraction of sp³-hybridized carbons (Fsp3) is 0.0909. The van der Waals surface area contributed by atoms with Crippen LogP contribution < -0.4 is 20.5 Å². The number of nitro benzene ring substituents is 1. The number of rotatable bonds is 3. The number of ether oxygens (including phenoxy) is 2. The van der Waals surface area contributed by atoms with E-state index in [0.29, 0.717) is 5.75 Å². The van der Waals surface area contributed by atoms with E-state index in [2.05, 4.69) is 10.3 Å². The molecule has 0 fully saturated rings. The highest BCUT2D eigenvalue weighted by Gasteiger charge is 2.25. The molecule has 1 aliphatic heterocycles. The van der Waals surface area contributed by atoms with Crippen LogP contribution >= 0.6 is 11.3 Å². The van der Waals surface area contributed by atoms with Gasteiger partial charge in [-0.2, -0.15) is 0 Å². The van der Waals surface area contributed by atoms with E-state index in [4.69, 9.17) is 15.2 Å². The Kier molecular flexibility index (Phi) is 3.06. The summed E-state index contributed by atoms with van der Waals surface area (Å²) in [4.78, 5) is 26.2. The molecule has 0 saturated heterocycles. The Balaban J connectivity index is 1.94. The Morgan fingerprint density at radius 2 is 2.14 bits per heavy atom. The van der Waals surface area contributed by atoms with Crippen LogP contribution in [0.25, 0.3) is 0 Å². The predicted molar refractivity (Wildman–Crippen MR) is 73.7 cm³/mol. The van der Waals surface area contributed by atoms with Gasteiger partial charge < -0.3 is 20.5 Å². The van der Waals surface area contributed by atoms with E-state index < -0.39 is 10.8 Å². The van der Waals surface area contributed by atoms with Gasteiger partial charge in [0.1, 0.15) is 11.4 Å². The van der Waals surface area contributed by atoms with Gasteiger partial charge in [-0.15, -0.1) is 11.3 Å². The van der Waals surface area contributed by atoms with Crippen LogP contribution in [-0.4, -0.2) is 22.6 Å². The van der Waals surface area contributed by atoms with Crippen molar-refractivity contribution in [2.45, 2.75) is 0 Å². The van der Waals surface area contributed by atoms with Crippen LogP contribution in [0.2, 0.25) is 0 Å². The van der Waals surface area contributed by atoms with E-state index in [0.717, 1.165) is 11.3 Å². The number of nitrogen functional groups attached to an aromatic ring is 1. The third-order valence-corrected chi connectivity index (χ3v) is 3.36. The number of carbonyl (C=O) groups is 1. The normalized spacial score (nSPS) is 12.2. The van der Waals surface area contributed by atoms with Crippen molar-refractivity contribution in [2.24, 2.45) is 0 Å². The zero-order valence-corrected chi connectivity index (χ0v) is 11.2. The van der Waals surface area contributed by atoms with Crippen molar-refractivity contribution in [3.63, 3.8) is 0 Å². The van der Waals surface area contributed by atoms with Crippen LogP contribution in [0.3, 0.4) is 0 Å². The molecule has 0 radical (unpaired) electrons. The minimum Gasteiger partial charge on any atom is -0.454 e. The molecule has 0 aliphatic carbocycles. The number of amides is 1. The molecule has 9 nitrogen and oxygen atoms in total. The molecule has 3 rings (SSSR count). The number of thiazole rings is 1. The highest BCUT2D eigenvalue weighted by atomic mass is 32.1. The van der Waals surface area contributed by atoms with Crippen LogP contribution in [-0.2, 0) is 0 Å². The Morgan fingerprint density at radius 1 is 1.43 bits per heavy atom. The van der Waals surface area contributed by atoms with Crippen LogP contribution in [0, 0.1) is 10.1 Å². The summed E-state index contributed by atoms with van der Waals surface area (Å²) in [6, 6.07) is 2.54. The van der Waals surface area contributed by atoms with Gasteiger partial charge in [0, 0.05) is 11.4 Å². The average molecular weight is 308 g/mol. The number of carbonyl (C=O) groups excluding carboxylic acids is 1. The lowest BCUT2D eigenvalue weighted by Crippen LogP contribution is -2.13. The van der Waals surface area contributed by atoms with Crippen LogP contribution in [0.15, 0.2) is 17.5 Å². The lowest BCUT2D eigenvalue weighted by atomic mass is 10.2. The fourth-order valence-electron chi connectivity index (χ4n) is 1.76. The van der Waals surface area contributed by atoms with E-state index >= 15 is 0 Å².